The third-order valence-electron chi connectivity index (χ3n) is 3.77. The van der Waals surface area contributed by atoms with Gasteiger partial charge in [0.15, 0.2) is 0 Å². The van der Waals surface area contributed by atoms with Crippen molar-refractivity contribution in [2.24, 2.45) is 0 Å². The van der Waals surface area contributed by atoms with Crippen LogP contribution >= 0.6 is 11.6 Å². The first-order valence-electron chi connectivity index (χ1n) is 7.70. The van der Waals surface area contributed by atoms with Gasteiger partial charge in [-0.2, -0.15) is 5.10 Å². The summed E-state index contributed by atoms with van der Waals surface area (Å²) in [5, 5.41) is 11.7. The monoisotopic (exact) mass is 331 g/mol. The van der Waals surface area contributed by atoms with Gasteiger partial charge >= 0.3 is 0 Å². The number of nitrogens with zero attached hydrogens (tertiary/aromatic N) is 4. The zero-order chi connectivity index (χ0) is 16.1. The molecule has 23 heavy (non-hydrogen) atoms. The lowest BCUT2D eigenvalue weighted by Crippen LogP contribution is -2.38. The lowest BCUT2D eigenvalue weighted by molar-refractivity contribution is -0.133. The summed E-state index contributed by atoms with van der Waals surface area (Å²) in [7, 11) is 0. The minimum Gasteiger partial charge on any atom is -0.351 e. The second-order valence-corrected chi connectivity index (χ2v) is 5.88. The summed E-state index contributed by atoms with van der Waals surface area (Å²) in [6.45, 7) is 2.10. The summed E-state index contributed by atoms with van der Waals surface area (Å²) < 4.78 is 0. The Bertz CT molecular complexity index is 694. The van der Waals surface area contributed by atoms with Crippen molar-refractivity contribution in [3.8, 4) is 11.3 Å². The summed E-state index contributed by atoms with van der Waals surface area (Å²) in [4.78, 5) is 18.1. The second-order valence-electron chi connectivity index (χ2n) is 5.44. The second kappa shape index (κ2) is 7.37. The molecule has 0 bridgehead atoms. The number of carbonyl (C=O) groups excluding carboxylic acids is 1. The Balaban J connectivity index is 1.60. The number of halogens is 1. The summed E-state index contributed by atoms with van der Waals surface area (Å²) in [5.74, 6) is 0.678. The largest absolute Gasteiger partial charge is 0.351 e. The van der Waals surface area contributed by atoms with Gasteiger partial charge in [0, 0.05) is 36.6 Å². The SMILES string of the molecule is O=C1CCCCN1CCNc1nncc(-c2cccc(Cl)c2)n1. The van der Waals surface area contributed by atoms with Crippen LogP contribution in [0.4, 0.5) is 5.95 Å². The Hall–Kier alpha value is -2.21. The van der Waals surface area contributed by atoms with Gasteiger partial charge in [-0.05, 0) is 25.0 Å². The smallest absolute Gasteiger partial charge is 0.243 e. The molecule has 0 radical (unpaired) electrons. The Morgan fingerprint density at radius 3 is 3.04 bits per heavy atom. The molecule has 7 heteroatoms. The molecule has 1 amide bonds. The van der Waals surface area contributed by atoms with Gasteiger partial charge in [0.1, 0.15) is 0 Å². The van der Waals surface area contributed by atoms with Crippen molar-refractivity contribution in [2.75, 3.05) is 25.0 Å². The molecule has 0 aliphatic carbocycles. The fourth-order valence-corrected chi connectivity index (χ4v) is 2.76. The van der Waals surface area contributed by atoms with Crippen molar-refractivity contribution < 1.29 is 4.79 Å². The van der Waals surface area contributed by atoms with Crippen molar-refractivity contribution in [3.63, 3.8) is 0 Å². The van der Waals surface area contributed by atoms with Crippen LogP contribution in [-0.4, -0.2) is 45.6 Å². The van der Waals surface area contributed by atoms with Crippen LogP contribution < -0.4 is 5.32 Å². The van der Waals surface area contributed by atoms with E-state index < -0.39 is 0 Å². The molecule has 3 rings (SSSR count). The lowest BCUT2D eigenvalue weighted by atomic mass is 10.1. The number of aromatic nitrogens is 3. The van der Waals surface area contributed by atoms with Crippen LogP contribution in [0, 0.1) is 0 Å². The molecule has 0 unspecified atom stereocenters. The van der Waals surface area contributed by atoms with E-state index in [2.05, 4.69) is 20.5 Å². The highest BCUT2D eigenvalue weighted by atomic mass is 35.5. The summed E-state index contributed by atoms with van der Waals surface area (Å²) >= 11 is 6.00. The number of likely N-dealkylation sites (tertiary alicyclic amines) is 1. The molecule has 0 spiro atoms. The van der Waals surface area contributed by atoms with E-state index in [9.17, 15) is 4.79 Å². The molecule has 0 saturated carbocycles. The van der Waals surface area contributed by atoms with E-state index in [1.807, 2.05) is 29.2 Å². The number of nitrogens with one attached hydrogen (secondary N) is 1. The third-order valence-corrected chi connectivity index (χ3v) is 4.00. The van der Waals surface area contributed by atoms with Gasteiger partial charge in [0.05, 0.1) is 11.9 Å². The predicted molar refractivity (Wildman–Crippen MR) is 89.2 cm³/mol. The molecule has 2 heterocycles. The Kier molecular flexibility index (Phi) is 5.02. The first kappa shape index (κ1) is 15.7. The van der Waals surface area contributed by atoms with Crippen LogP contribution in [0.2, 0.25) is 5.02 Å². The van der Waals surface area contributed by atoms with E-state index in [-0.39, 0.29) is 5.91 Å². The fraction of sp³-hybridized carbons (Fsp3) is 0.375. The number of carbonyl (C=O) groups is 1. The van der Waals surface area contributed by atoms with Crippen LogP contribution in [0.3, 0.4) is 0 Å². The van der Waals surface area contributed by atoms with E-state index in [0.717, 1.165) is 24.9 Å². The highest BCUT2D eigenvalue weighted by Gasteiger charge is 2.17. The van der Waals surface area contributed by atoms with Crippen LogP contribution in [0.15, 0.2) is 30.5 Å². The molecule has 6 nitrogen and oxygen atoms in total. The number of rotatable bonds is 5. The highest BCUT2D eigenvalue weighted by Crippen LogP contribution is 2.20. The predicted octanol–water partition coefficient (Wildman–Crippen LogP) is 2.62. The Morgan fingerprint density at radius 1 is 1.30 bits per heavy atom. The molecule has 1 N–H and O–H groups in total. The van der Waals surface area contributed by atoms with Gasteiger partial charge in [0.25, 0.3) is 0 Å². The lowest BCUT2D eigenvalue weighted by Gasteiger charge is -2.26. The number of piperidine rings is 1. The maximum absolute atomic E-state index is 11.7. The van der Waals surface area contributed by atoms with Crippen molar-refractivity contribution >= 4 is 23.5 Å². The van der Waals surface area contributed by atoms with E-state index in [1.165, 1.54) is 0 Å². The molecule has 1 aliphatic heterocycles. The maximum atomic E-state index is 11.7. The minimum absolute atomic E-state index is 0.227. The van der Waals surface area contributed by atoms with Crippen molar-refractivity contribution in [1.82, 2.24) is 20.1 Å². The zero-order valence-electron chi connectivity index (χ0n) is 12.7. The van der Waals surface area contributed by atoms with E-state index >= 15 is 0 Å². The van der Waals surface area contributed by atoms with Crippen molar-refractivity contribution in [2.45, 2.75) is 19.3 Å². The zero-order valence-corrected chi connectivity index (χ0v) is 13.5. The molecule has 120 valence electrons. The van der Waals surface area contributed by atoms with Crippen molar-refractivity contribution in [3.05, 3.63) is 35.5 Å². The van der Waals surface area contributed by atoms with Crippen LogP contribution in [0.25, 0.3) is 11.3 Å². The van der Waals surface area contributed by atoms with Gasteiger partial charge in [-0.3, -0.25) is 4.79 Å². The summed E-state index contributed by atoms with van der Waals surface area (Å²) in [6, 6.07) is 7.44. The normalized spacial score (nSPS) is 14.8. The van der Waals surface area contributed by atoms with Crippen molar-refractivity contribution in [1.29, 1.82) is 0 Å². The molecule has 2 aromatic rings. The van der Waals surface area contributed by atoms with E-state index in [0.29, 0.717) is 36.2 Å². The minimum atomic E-state index is 0.227. The number of hydrogen-bond donors (Lipinski definition) is 1. The number of anilines is 1. The standard InChI is InChI=1S/C16H18ClN5O/c17-13-5-3-4-12(10-13)14-11-19-21-16(20-14)18-7-9-22-8-2-1-6-15(22)23/h3-5,10-11H,1-2,6-9H2,(H,18,20,21). The summed E-state index contributed by atoms with van der Waals surface area (Å²) in [5.41, 5.74) is 1.60. The third kappa shape index (κ3) is 4.16. The van der Waals surface area contributed by atoms with Crippen LogP contribution in [0.5, 0.6) is 0 Å². The van der Waals surface area contributed by atoms with Gasteiger partial charge in [0.2, 0.25) is 11.9 Å². The van der Waals surface area contributed by atoms with Crippen LogP contribution in [0.1, 0.15) is 19.3 Å². The average molecular weight is 332 g/mol. The summed E-state index contributed by atoms with van der Waals surface area (Å²) in [6.07, 6.45) is 4.33. The Morgan fingerprint density at radius 2 is 2.22 bits per heavy atom. The highest BCUT2D eigenvalue weighted by molar-refractivity contribution is 6.30. The topological polar surface area (TPSA) is 71.0 Å². The number of hydrogen-bond acceptors (Lipinski definition) is 5. The molecular weight excluding hydrogens is 314 g/mol. The maximum Gasteiger partial charge on any atom is 0.243 e. The first-order valence-corrected chi connectivity index (χ1v) is 8.07. The quantitative estimate of drug-likeness (QED) is 0.912. The van der Waals surface area contributed by atoms with Gasteiger partial charge in [-0.15, -0.1) is 5.10 Å². The Labute approximate surface area is 139 Å². The van der Waals surface area contributed by atoms with Gasteiger partial charge in [-0.25, -0.2) is 4.98 Å². The fourth-order valence-electron chi connectivity index (χ4n) is 2.57. The molecule has 1 aliphatic rings. The molecule has 0 atom stereocenters. The first-order chi connectivity index (χ1) is 11.2. The number of benzene rings is 1. The average Bonchev–Trinajstić information content (AvgIpc) is 2.57. The number of amides is 1. The van der Waals surface area contributed by atoms with E-state index in [4.69, 9.17) is 11.6 Å². The van der Waals surface area contributed by atoms with Crippen LogP contribution in [-0.2, 0) is 4.79 Å². The van der Waals surface area contributed by atoms with Gasteiger partial charge in [-0.1, -0.05) is 23.7 Å². The molecule has 1 aromatic carbocycles. The molecule has 1 aromatic heterocycles. The van der Waals surface area contributed by atoms with Gasteiger partial charge < -0.3 is 10.2 Å². The molecule has 1 fully saturated rings. The molecule has 1 saturated heterocycles. The van der Waals surface area contributed by atoms with E-state index in [1.54, 1.807) is 6.20 Å². The molecular formula is C16H18ClN5O.